The van der Waals surface area contributed by atoms with Gasteiger partial charge in [0, 0.05) is 9.50 Å². The van der Waals surface area contributed by atoms with Crippen LogP contribution in [0.3, 0.4) is 0 Å². The third-order valence-corrected chi connectivity index (χ3v) is 4.21. The molecule has 1 nitrogen and oxygen atoms in total. The molecule has 1 unspecified atom stereocenters. The first-order chi connectivity index (χ1) is 9.51. The second kappa shape index (κ2) is 6.75. The Kier molecular flexibility index (Phi) is 5.25. The van der Waals surface area contributed by atoms with E-state index in [0.29, 0.717) is 0 Å². The minimum absolute atomic E-state index is 0.145. The van der Waals surface area contributed by atoms with Gasteiger partial charge >= 0.3 is 0 Å². The molecule has 0 saturated carbocycles. The first-order valence-corrected chi connectivity index (χ1v) is 7.95. The lowest BCUT2D eigenvalue weighted by Gasteiger charge is -2.21. The molecule has 0 saturated heterocycles. The van der Waals surface area contributed by atoms with E-state index in [1.165, 1.54) is 22.3 Å². The van der Waals surface area contributed by atoms with Gasteiger partial charge in [-0.25, -0.2) is 0 Å². The highest BCUT2D eigenvalue weighted by atomic mass is 79.9. The zero-order valence-electron chi connectivity index (χ0n) is 12.0. The third kappa shape index (κ3) is 3.63. The molecule has 1 atom stereocenters. The molecule has 20 heavy (non-hydrogen) atoms. The van der Waals surface area contributed by atoms with Crippen molar-refractivity contribution in [1.82, 2.24) is 5.32 Å². The molecule has 2 aromatic carbocycles. The van der Waals surface area contributed by atoms with Crippen molar-refractivity contribution in [3.05, 3.63) is 68.1 Å². The van der Waals surface area contributed by atoms with Gasteiger partial charge in [-0.2, -0.15) is 0 Å². The van der Waals surface area contributed by atoms with Crippen molar-refractivity contribution in [1.29, 1.82) is 0 Å². The highest BCUT2D eigenvalue weighted by Crippen LogP contribution is 2.31. The molecule has 0 aliphatic heterocycles. The van der Waals surface area contributed by atoms with E-state index in [4.69, 9.17) is 11.6 Å². The molecule has 0 heterocycles. The summed E-state index contributed by atoms with van der Waals surface area (Å²) in [5, 5.41) is 4.31. The summed E-state index contributed by atoms with van der Waals surface area (Å²) in [6.07, 6.45) is 0. The molecule has 1 N–H and O–H groups in total. The van der Waals surface area contributed by atoms with Crippen LogP contribution in [0.25, 0.3) is 0 Å². The van der Waals surface area contributed by atoms with E-state index in [0.717, 1.165) is 16.0 Å². The number of benzene rings is 2. The predicted molar refractivity (Wildman–Crippen MR) is 90.6 cm³/mol. The van der Waals surface area contributed by atoms with Gasteiger partial charge < -0.3 is 5.32 Å². The predicted octanol–water partition coefficient (Wildman–Crippen LogP) is 5.42. The summed E-state index contributed by atoms with van der Waals surface area (Å²) in [7, 11) is 0. The van der Waals surface area contributed by atoms with Crippen molar-refractivity contribution >= 4 is 27.5 Å². The molecule has 2 rings (SSSR count). The van der Waals surface area contributed by atoms with E-state index in [1.54, 1.807) is 0 Å². The Morgan fingerprint density at radius 3 is 2.35 bits per heavy atom. The van der Waals surface area contributed by atoms with Crippen molar-refractivity contribution in [3.63, 3.8) is 0 Å². The molecule has 106 valence electrons. The molecule has 0 spiro atoms. The average molecular weight is 353 g/mol. The van der Waals surface area contributed by atoms with Crippen LogP contribution in [0.1, 0.15) is 35.2 Å². The van der Waals surface area contributed by atoms with E-state index in [9.17, 15) is 0 Å². The average Bonchev–Trinajstić information content (AvgIpc) is 2.38. The minimum atomic E-state index is 0.145. The van der Waals surface area contributed by atoms with Crippen LogP contribution in [0.15, 0.2) is 40.9 Å². The molecular weight excluding hydrogens is 334 g/mol. The van der Waals surface area contributed by atoms with Crippen LogP contribution in [0, 0.1) is 13.8 Å². The maximum Gasteiger partial charge on any atom is 0.0588 e. The number of rotatable bonds is 4. The van der Waals surface area contributed by atoms with Gasteiger partial charge in [-0.15, -0.1) is 0 Å². The smallest absolute Gasteiger partial charge is 0.0588 e. The fraction of sp³-hybridized carbons (Fsp3) is 0.294. The third-order valence-electron chi connectivity index (χ3n) is 3.25. The van der Waals surface area contributed by atoms with Gasteiger partial charge in [-0.05, 0) is 49.7 Å². The van der Waals surface area contributed by atoms with Crippen molar-refractivity contribution in [3.8, 4) is 0 Å². The lowest BCUT2D eigenvalue weighted by Crippen LogP contribution is -2.22. The van der Waals surface area contributed by atoms with Crippen LogP contribution in [0.5, 0.6) is 0 Å². The Morgan fingerprint density at radius 2 is 1.75 bits per heavy atom. The van der Waals surface area contributed by atoms with E-state index in [1.807, 2.05) is 18.2 Å². The number of nitrogens with one attached hydrogen (secondary N) is 1. The van der Waals surface area contributed by atoms with E-state index in [-0.39, 0.29) is 6.04 Å². The molecule has 0 aliphatic rings. The molecule has 0 bridgehead atoms. The zero-order chi connectivity index (χ0) is 14.7. The summed E-state index contributed by atoms with van der Waals surface area (Å²) in [6.45, 7) is 7.28. The summed E-state index contributed by atoms with van der Waals surface area (Å²) in [4.78, 5) is 0. The molecule has 3 heteroatoms. The molecule has 0 aliphatic carbocycles. The Labute approximate surface area is 134 Å². The maximum atomic E-state index is 6.16. The molecule has 2 aromatic rings. The number of hydrogen-bond donors (Lipinski definition) is 1. The van der Waals surface area contributed by atoms with Gasteiger partial charge in [0.15, 0.2) is 0 Å². The van der Waals surface area contributed by atoms with E-state index in [2.05, 4.69) is 60.2 Å². The van der Waals surface area contributed by atoms with Crippen LogP contribution in [0.4, 0.5) is 0 Å². The second-order valence-corrected chi connectivity index (χ2v) is 6.37. The summed E-state index contributed by atoms with van der Waals surface area (Å²) in [6, 6.07) is 12.7. The summed E-state index contributed by atoms with van der Waals surface area (Å²) in [5.41, 5.74) is 5.00. The highest BCUT2D eigenvalue weighted by Gasteiger charge is 2.16. The summed E-state index contributed by atoms with van der Waals surface area (Å²) < 4.78 is 1.08. The van der Waals surface area contributed by atoms with Crippen molar-refractivity contribution in [2.75, 3.05) is 6.54 Å². The molecular formula is C17H19BrClN. The summed E-state index contributed by atoms with van der Waals surface area (Å²) >= 11 is 9.80. The van der Waals surface area contributed by atoms with Crippen LogP contribution < -0.4 is 5.32 Å². The van der Waals surface area contributed by atoms with Crippen molar-refractivity contribution in [2.45, 2.75) is 26.8 Å². The minimum Gasteiger partial charge on any atom is -0.306 e. The fourth-order valence-corrected chi connectivity index (χ4v) is 3.18. The lowest BCUT2D eigenvalue weighted by molar-refractivity contribution is 0.628. The fourth-order valence-electron chi connectivity index (χ4n) is 2.52. The quantitative estimate of drug-likeness (QED) is 0.775. The van der Waals surface area contributed by atoms with Gasteiger partial charge in [0.1, 0.15) is 0 Å². The Morgan fingerprint density at radius 1 is 1.10 bits per heavy atom. The van der Waals surface area contributed by atoms with Gasteiger partial charge in [0.05, 0.1) is 6.04 Å². The first kappa shape index (κ1) is 15.6. The lowest BCUT2D eigenvalue weighted by atomic mass is 9.95. The normalized spacial score (nSPS) is 12.4. The Hall–Kier alpha value is -0.830. The van der Waals surface area contributed by atoms with Crippen LogP contribution in [-0.4, -0.2) is 6.54 Å². The molecule has 0 amide bonds. The molecule has 0 aromatic heterocycles. The zero-order valence-corrected chi connectivity index (χ0v) is 14.3. The SMILES string of the molecule is CCNC(c1cc(C)cc(C)c1)c1cc(Cl)ccc1Br. The van der Waals surface area contributed by atoms with Crippen LogP contribution in [-0.2, 0) is 0 Å². The van der Waals surface area contributed by atoms with Gasteiger partial charge in [-0.1, -0.05) is 63.8 Å². The van der Waals surface area contributed by atoms with E-state index < -0.39 is 0 Å². The first-order valence-electron chi connectivity index (χ1n) is 6.77. The number of aryl methyl sites for hydroxylation is 2. The van der Waals surface area contributed by atoms with Crippen molar-refractivity contribution < 1.29 is 0 Å². The topological polar surface area (TPSA) is 12.0 Å². The Bertz CT molecular complexity index is 590. The number of halogens is 2. The molecule has 0 fully saturated rings. The standard InChI is InChI=1S/C17H19BrClN/c1-4-20-17(13-8-11(2)7-12(3)9-13)15-10-14(19)5-6-16(15)18/h5-10,17,20H,4H2,1-3H3. The highest BCUT2D eigenvalue weighted by molar-refractivity contribution is 9.10. The largest absolute Gasteiger partial charge is 0.306 e. The van der Waals surface area contributed by atoms with Gasteiger partial charge in [0.2, 0.25) is 0 Å². The Balaban J connectivity index is 2.52. The van der Waals surface area contributed by atoms with E-state index >= 15 is 0 Å². The van der Waals surface area contributed by atoms with Gasteiger partial charge in [0.25, 0.3) is 0 Å². The van der Waals surface area contributed by atoms with Gasteiger partial charge in [-0.3, -0.25) is 0 Å². The van der Waals surface area contributed by atoms with Crippen LogP contribution >= 0.6 is 27.5 Å². The number of hydrogen-bond acceptors (Lipinski definition) is 1. The summed E-state index contributed by atoms with van der Waals surface area (Å²) in [5.74, 6) is 0. The second-order valence-electron chi connectivity index (χ2n) is 5.08. The molecule has 0 radical (unpaired) electrons. The van der Waals surface area contributed by atoms with Crippen LogP contribution in [0.2, 0.25) is 5.02 Å². The van der Waals surface area contributed by atoms with Crippen molar-refractivity contribution in [2.24, 2.45) is 0 Å². The monoisotopic (exact) mass is 351 g/mol. The maximum absolute atomic E-state index is 6.16.